The van der Waals surface area contributed by atoms with Gasteiger partial charge in [-0.15, -0.1) is 5.10 Å². The summed E-state index contributed by atoms with van der Waals surface area (Å²) in [6.07, 6.45) is 0.884. The van der Waals surface area contributed by atoms with Crippen LogP contribution >= 0.6 is 15.9 Å². The molecule has 24 heavy (non-hydrogen) atoms. The molecule has 2 atom stereocenters. The highest BCUT2D eigenvalue weighted by Gasteiger charge is 2.30. The third kappa shape index (κ3) is 2.78. The summed E-state index contributed by atoms with van der Waals surface area (Å²) in [5.74, 6) is 1.01. The molecule has 0 saturated carbocycles. The predicted octanol–water partition coefficient (Wildman–Crippen LogP) is 4.08. The van der Waals surface area contributed by atoms with Gasteiger partial charge in [0.2, 0.25) is 11.9 Å². The van der Waals surface area contributed by atoms with Gasteiger partial charge in [0.15, 0.2) is 0 Å². The molecule has 0 amide bonds. The molecule has 1 aliphatic rings. The fraction of sp³-hybridized carbons (Fsp3) is 0.222. The lowest BCUT2D eigenvalue weighted by atomic mass is 9.93. The van der Waals surface area contributed by atoms with Crippen LogP contribution in [-0.2, 0) is 0 Å². The average Bonchev–Trinajstić information content (AvgIpc) is 2.94. The monoisotopic (exact) mass is 383 g/mol. The van der Waals surface area contributed by atoms with Crippen molar-refractivity contribution in [3.63, 3.8) is 0 Å². The summed E-state index contributed by atoms with van der Waals surface area (Å²) in [5.41, 5.74) is 9.53. The fourth-order valence-corrected chi connectivity index (χ4v) is 3.62. The molecule has 0 spiro atoms. The number of hydrogen-bond donors (Lipinski definition) is 2. The number of rotatable bonds is 2. The van der Waals surface area contributed by atoms with E-state index < -0.39 is 0 Å². The lowest BCUT2D eigenvalue weighted by Crippen LogP contribution is -2.28. The van der Waals surface area contributed by atoms with Gasteiger partial charge < -0.3 is 11.1 Å². The zero-order valence-electron chi connectivity index (χ0n) is 13.3. The molecule has 4 rings (SSSR count). The van der Waals surface area contributed by atoms with E-state index in [2.05, 4.69) is 74.7 Å². The quantitative estimate of drug-likeness (QED) is 0.699. The summed E-state index contributed by atoms with van der Waals surface area (Å²) >= 11 is 3.56. The Kier molecular flexibility index (Phi) is 3.76. The van der Waals surface area contributed by atoms with Crippen molar-refractivity contribution in [2.75, 3.05) is 11.1 Å². The highest BCUT2D eigenvalue weighted by molar-refractivity contribution is 9.10. The van der Waals surface area contributed by atoms with Gasteiger partial charge in [0.25, 0.3) is 0 Å². The van der Waals surface area contributed by atoms with Gasteiger partial charge in [-0.1, -0.05) is 57.9 Å². The molecule has 0 bridgehead atoms. The number of aryl methyl sites for hydroxylation is 1. The van der Waals surface area contributed by atoms with Crippen LogP contribution in [0.2, 0.25) is 0 Å². The molecule has 0 unspecified atom stereocenters. The van der Waals surface area contributed by atoms with Gasteiger partial charge in [0, 0.05) is 4.47 Å². The zero-order valence-corrected chi connectivity index (χ0v) is 14.9. The van der Waals surface area contributed by atoms with E-state index in [0.717, 1.165) is 10.9 Å². The largest absolute Gasteiger partial charge is 0.366 e. The molecular weight excluding hydrogens is 366 g/mol. The van der Waals surface area contributed by atoms with Crippen molar-refractivity contribution in [3.8, 4) is 0 Å². The Bertz CT molecular complexity index is 871. The normalized spacial score (nSPS) is 19.6. The average molecular weight is 384 g/mol. The van der Waals surface area contributed by atoms with Crippen molar-refractivity contribution in [3.05, 3.63) is 69.7 Å². The number of nitrogens with one attached hydrogen (secondary N) is 1. The van der Waals surface area contributed by atoms with Gasteiger partial charge >= 0.3 is 0 Å². The molecule has 122 valence electrons. The van der Waals surface area contributed by atoms with Gasteiger partial charge in [0.1, 0.15) is 0 Å². The minimum Gasteiger partial charge on any atom is -0.366 e. The second kappa shape index (κ2) is 5.94. The van der Waals surface area contributed by atoms with Crippen molar-refractivity contribution >= 4 is 27.8 Å². The lowest BCUT2D eigenvalue weighted by Gasteiger charge is -2.31. The van der Waals surface area contributed by atoms with E-state index in [1.807, 2.05) is 16.8 Å². The van der Waals surface area contributed by atoms with Crippen LogP contribution in [-0.4, -0.2) is 14.8 Å². The van der Waals surface area contributed by atoms with E-state index >= 15 is 0 Å². The SMILES string of the molecule is Cc1ccc([C@@H]2C[C@H](c3cccc(Br)c3)n3nc(N)nc3N2)cc1. The van der Waals surface area contributed by atoms with Crippen LogP contribution in [0.3, 0.4) is 0 Å². The van der Waals surface area contributed by atoms with Gasteiger partial charge in [-0.2, -0.15) is 4.98 Å². The first-order valence-electron chi connectivity index (χ1n) is 7.91. The van der Waals surface area contributed by atoms with Crippen molar-refractivity contribution in [2.24, 2.45) is 0 Å². The summed E-state index contributed by atoms with van der Waals surface area (Å²) in [4.78, 5) is 4.35. The number of hydrogen-bond acceptors (Lipinski definition) is 4. The molecule has 2 heterocycles. The number of benzene rings is 2. The maximum atomic E-state index is 5.84. The highest BCUT2D eigenvalue weighted by Crippen LogP contribution is 2.38. The molecular formula is C18H18BrN5. The molecule has 0 aliphatic carbocycles. The Balaban J connectivity index is 1.76. The van der Waals surface area contributed by atoms with Crippen LogP contribution < -0.4 is 11.1 Å². The zero-order chi connectivity index (χ0) is 16.7. The van der Waals surface area contributed by atoms with Gasteiger partial charge in [0.05, 0.1) is 12.1 Å². The van der Waals surface area contributed by atoms with Crippen LogP contribution in [0.4, 0.5) is 11.9 Å². The molecule has 0 saturated heterocycles. The van der Waals surface area contributed by atoms with E-state index in [0.29, 0.717) is 11.9 Å². The summed E-state index contributed by atoms with van der Waals surface area (Å²) in [6, 6.07) is 17.2. The third-order valence-corrected chi connectivity index (χ3v) is 4.91. The molecule has 3 N–H and O–H groups in total. The molecule has 1 aromatic heterocycles. The summed E-state index contributed by atoms with van der Waals surface area (Å²) in [6.45, 7) is 2.10. The van der Waals surface area contributed by atoms with Crippen molar-refractivity contribution in [1.82, 2.24) is 14.8 Å². The van der Waals surface area contributed by atoms with Crippen LogP contribution in [0.25, 0.3) is 0 Å². The smallest absolute Gasteiger partial charge is 0.241 e. The summed E-state index contributed by atoms with van der Waals surface area (Å²) < 4.78 is 2.95. The second-order valence-electron chi connectivity index (χ2n) is 6.15. The standard InChI is InChI=1S/C18H18BrN5/c1-11-5-7-12(8-6-11)15-10-16(13-3-2-4-14(19)9-13)24-18(21-15)22-17(20)23-24/h2-9,15-16H,10H2,1H3,(H3,20,21,22,23)/t15-,16+/m0/s1. The number of anilines is 2. The molecule has 2 aromatic carbocycles. The number of fused-ring (bicyclic) bond motifs is 1. The lowest BCUT2D eigenvalue weighted by molar-refractivity contribution is 0.431. The summed E-state index contributed by atoms with van der Waals surface area (Å²) in [5, 5.41) is 7.85. The van der Waals surface area contributed by atoms with E-state index in [1.54, 1.807) is 0 Å². The first-order chi connectivity index (χ1) is 11.6. The number of nitrogens with zero attached hydrogens (tertiary/aromatic N) is 3. The molecule has 1 aliphatic heterocycles. The molecule has 0 radical (unpaired) electrons. The van der Waals surface area contributed by atoms with Crippen LogP contribution in [0, 0.1) is 6.92 Å². The second-order valence-corrected chi connectivity index (χ2v) is 7.07. The van der Waals surface area contributed by atoms with Crippen molar-refractivity contribution in [2.45, 2.75) is 25.4 Å². The minimum absolute atomic E-state index is 0.0925. The Morgan fingerprint density at radius 2 is 1.96 bits per heavy atom. The highest BCUT2D eigenvalue weighted by atomic mass is 79.9. The summed E-state index contributed by atoms with van der Waals surface area (Å²) in [7, 11) is 0. The van der Waals surface area contributed by atoms with Gasteiger partial charge in [-0.3, -0.25) is 0 Å². The van der Waals surface area contributed by atoms with E-state index in [4.69, 9.17) is 5.73 Å². The van der Waals surface area contributed by atoms with E-state index in [9.17, 15) is 0 Å². The molecule has 6 heteroatoms. The van der Waals surface area contributed by atoms with E-state index in [1.165, 1.54) is 16.7 Å². The van der Waals surface area contributed by atoms with Crippen molar-refractivity contribution < 1.29 is 0 Å². The molecule has 3 aromatic rings. The number of nitrogens with two attached hydrogens (primary N) is 1. The van der Waals surface area contributed by atoms with Gasteiger partial charge in [-0.25, -0.2) is 4.68 Å². The predicted molar refractivity (Wildman–Crippen MR) is 98.9 cm³/mol. The number of nitrogen functional groups attached to an aromatic ring is 1. The minimum atomic E-state index is 0.0925. The molecule has 5 nitrogen and oxygen atoms in total. The number of aromatic nitrogens is 3. The van der Waals surface area contributed by atoms with Crippen LogP contribution in [0.5, 0.6) is 0 Å². The van der Waals surface area contributed by atoms with Gasteiger partial charge in [-0.05, 0) is 36.6 Å². The maximum Gasteiger partial charge on any atom is 0.241 e. The van der Waals surface area contributed by atoms with Crippen LogP contribution in [0.15, 0.2) is 53.0 Å². The topological polar surface area (TPSA) is 68.8 Å². The fourth-order valence-electron chi connectivity index (χ4n) is 3.20. The van der Waals surface area contributed by atoms with Crippen molar-refractivity contribution in [1.29, 1.82) is 0 Å². The third-order valence-electron chi connectivity index (χ3n) is 4.42. The number of halogens is 1. The van der Waals surface area contributed by atoms with Crippen LogP contribution in [0.1, 0.15) is 35.2 Å². The first kappa shape index (κ1) is 15.2. The Morgan fingerprint density at radius 1 is 1.17 bits per heavy atom. The first-order valence-corrected chi connectivity index (χ1v) is 8.70. The Labute approximate surface area is 149 Å². The Hall–Kier alpha value is -2.34. The maximum absolute atomic E-state index is 5.84. The molecule has 0 fully saturated rings. The van der Waals surface area contributed by atoms with E-state index in [-0.39, 0.29) is 12.1 Å². The Morgan fingerprint density at radius 3 is 2.71 bits per heavy atom.